The Kier molecular flexibility index (Phi) is 5.62. The summed E-state index contributed by atoms with van der Waals surface area (Å²) in [5, 5.41) is 3.06. The number of halogens is 1. The number of nitrogens with one attached hydrogen (secondary N) is 1. The number of carbonyl (C=O) groups is 2. The van der Waals surface area contributed by atoms with Gasteiger partial charge >= 0.3 is 0 Å². The Bertz CT molecular complexity index is 909. The van der Waals surface area contributed by atoms with E-state index in [4.69, 9.17) is 0 Å². The number of piperazine rings is 1. The highest BCUT2D eigenvalue weighted by Gasteiger charge is 2.45. The van der Waals surface area contributed by atoms with Gasteiger partial charge in [-0.3, -0.25) is 14.5 Å². The van der Waals surface area contributed by atoms with Crippen LogP contribution < -0.4 is 5.32 Å². The maximum absolute atomic E-state index is 14.0. The molecule has 2 atom stereocenters. The van der Waals surface area contributed by atoms with Crippen molar-refractivity contribution in [1.29, 1.82) is 0 Å². The number of amides is 2. The topological polar surface area (TPSA) is 52.7 Å². The molecular formula is C23H26FN3O2. The zero-order valence-corrected chi connectivity index (χ0v) is 16.6. The van der Waals surface area contributed by atoms with Crippen LogP contribution in [0.2, 0.25) is 0 Å². The van der Waals surface area contributed by atoms with E-state index in [2.05, 4.69) is 10.2 Å². The Morgan fingerprint density at radius 2 is 1.72 bits per heavy atom. The standard InChI is InChI=1S/C23H26FN3O2/c1-16(28)27-12-10-26(11-13-27)15-17-6-2-5-9-22(17)25-23(29)20-14-19(20)18-7-3-4-8-21(18)24/h2-9,19-20H,10-15H2,1H3,(H,25,29)/t19-,20+/m0/s1. The van der Waals surface area contributed by atoms with Crippen molar-refractivity contribution in [3.63, 3.8) is 0 Å². The molecule has 4 rings (SSSR count). The molecule has 152 valence electrons. The first-order chi connectivity index (χ1) is 14.0. The molecule has 1 saturated carbocycles. The summed E-state index contributed by atoms with van der Waals surface area (Å²) in [6.07, 6.45) is 0.682. The van der Waals surface area contributed by atoms with Gasteiger partial charge in [0.05, 0.1) is 0 Å². The van der Waals surface area contributed by atoms with Crippen LogP contribution in [0.5, 0.6) is 0 Å². The normalized spacial score (nSPS) is 21.7. The molecule has 2 aliphatic rings. The van der Waals surface area contributed by atoms with Gasteiger partial charge in [0, 0.05) is 51.3 Å². The summed E-state index contributed by atoms with van der Waals surface area (Å²) in [6, 6.07) is 14.5. The number of carbonyl (C=O) groups excluding carboxylic acids is 2. The van der Waals surface area contributed by atoms with Crippen molar-refractivity contribution >= 4 is 17.5 Å². The van der Waals surface area contributed by atoms with E-state index in [1.165, 1.54) is 6.07 Å². The summed E-state index contributed by atoms with van der Waals surface area (Å²) in [5.74, 6) is -0.391. The third-order valence-corrected chi connectivity index (χ3v) is 5.92. The van der Waals surface area contributed by atoms with Gasteiger partial charge in [-0.2, -0.15) is 0 Å². The van der Waals surface area contributed by atoms with Gasteiger partial charge in [0.25, 0.3) is 0 Å². The molecule has 0 spiro atoms. The second-order valence-electron chi connectivity index (χ2n) is 7.90. The molecule has 5 nitrogen and oxygen atoms in total. The van der Waals surface area contributed by atoms with E-state index in [0.717, 1.165) is 44.0 Å². The molecule has 2 aromatic rings. The van der Waals surface area contributed by atoms with Crippen LogP contribution in [0.3, 0.4) is 0 Å². The molecular weight excluding hydrogens is 369 g/mol. The molecule has 29 heavy (non-hydrogen) atoms. The Morgan fingerprint density at radius 1 is 1.03 bits per heavy atom. The highest BCUT2D eigenvalue weighted by molar-refractivity contribution is 5.95. The van der Waals surface area contributed by atoms with Crippen LogP contribution in [0.1, 0.15) is 30.4 Å². The average Bonchev–Trinajstić information content (AvgIpc) is 3.51. The van der Waals surface area contributed by atoms with Crippen molar-refractivity contribution in [3.05, 3.63) is 65.5 Å². The average molecular weight is 395 g/mol. The molecule has 1 saturated heterocycles. The van der Waals surface area contributed by atoms with Gasteiger partial charge in [-0.1, -0.05) is 36.4 Å². The third-order valence-electron chi connectivity index (χ3n) is 5.92. The third kappa shape index (κ3) is 4.48. The molecule has 0 radical (unpaired) electrons. The molecule has 1 aliphatic carbocycles. The Morgan fingerprint density at radius 3 is 2.45 bits per heavy atom. The number of para-hydroxylation sites is 1. The fourth-order valence-electron chi connectivity index (χ4n) is 4.07. The summed E-state index contributed by atoms with van der Waals surface area (Å²) in [5.41, 5.74) is 2.50. The van der Waals surface area contributed by atoms with E-state index in [-0.39, 0.29) is 29.5 Å². The highest BCUT2D eigenvalue weighted by Crippen LogP contribution is 2.48. The lowest BCUT2D eigenvalue weighted by atomic mass is 10.1. The Balaban J connectivity index is 1.37. The van der Waals surface area contributed by atoms with E-state index >= 15 is 0 Å². The van der Waals surface area contributed by atoms with Crippen molar-refractivity contribution in [2.75, 3.05) is 31.5 Å². The number of nitrogens with zero attached hydrogens (tertiary/aromatic N) is 2. The fourth-order valence-corrected chi connectivity index (χ4v) is 4.07. The summed E-state index contributed by atoms with van der Waals surface area (Å²) < 4.78 is 14.0. The molecule has 1 aliphatic heterocycles. The molecule has 2 aromatic carbocycles. The van der Waals surface area contributed by atoms with Crippen LogP contribution in [0.25, 0.3) is 0 Å². The SMILES string of the molecule is CC(=O)N1CCN(Cc2ccccc2NC(=O)[C@@H]2C[C@H]2c2ccccc2F)CC1. The van der Waals surface area contributed by atoms with Crippen molar-refractivity contribution in [1.82, 2.24) is 9.80 Å². The highest BCUT2D eigenvalue weighted by atomic mass is 19.1. The number of rotatable bonds is 5. The van der Waals surface area contributed by atoms with Crippen LogP contribution in [0, 0.1) is 11.7 Å². The Labute approximate surface area is 170 Å². The van der Waals surface area contributed by atoms with Crippen LogP contribution >= 0.6 is 0 Å². The zero-order valence-electron chi connectivity index (χ0n) is 16.6. The van der Waals surface area contributed by atoms with Crippen LogP contribution in [-0.4, -0.2) is 47.8 Å². The number of hydrogen-bond donors (Lipinski definition) is 1. The van der Waals surface area contributed by atoms with E-state index in [1.54, 1.807) is 19.1 Å². The van der Waals surface area contributed by atoms with Crippen LogP contribution in [0.15, 0.2) is 48.5 Å². The van der Waals surface area contributed by atoms with Crippen molar-refractivity contribution in [3.8, 4) is 0 Å². The maximum atomic E-state index is 14.0. The van der Waals surface area contributed by atoms with Gasteiger partial charge in [0.15, 0.2) is 0 Å². The molecule has 0 aromatic heterocycles. The summed E-state index contributed by atoms with van der Waals surface area (Å²) in [4.78, 5) is 28.4. The molecule has 2 fully saturated rings. The predicted molar refractivity (Wildman–Crippen MR) is 110 cm³/mol. The molecule has 2 amide bonds. The zero-order chi connectivity index (χ0) is 20.4. The second-order valence-corrected chi connectivity index (χ2v) is 7.90. The number of hydrogen-bond acceptors (Lipinski definition) is 3. The van der Waals surface area contributed by atoms with E-state index in [0.29, 0.717) is 12.0 Å². The van der Waals surface area contributed by atoms with Gasteiger partial charge < -0.3 is 10.2 Å². The lowest BCUT2D eigenvalue weighted by molar-refractivity contribution is -0.130. The largest absolute Gasteiger partial charge is 0.340 e. The lowest BCUT2D eigenvalue weighted by Crippen LogP contribution is -2.47. The molecule has 0 bridgehead atoms. The van der Waals surface area contributed by atoms with Crippen LogP contribution in [-0.2, 0) is 16.1 Å². The number of anilines is 1. The predicted octanol–water partition coefficient (Wildman–Crippen LogP) is 3.23. The summed E-state index contributed by atoms with van der Waals surface area (Å²) >= 11 is 0. The van der Waals surface area contributed by atoms with E-state index < -0.39 is 0 Å². The first-order valence-corrected chi connectivity index (χ1v) is 10.1. The minimum atomic E-state index is -0.238. The summed E-state index contributed by atoms with van der Waals surface area (Å²) in [6.45, 7) is 5.43. The molecule has 0 unspecified atom stereocenters. The monoisotopic (exact) mass is 395 g/mol. The van der Waals surface area contributed by atoms with E-state index in [9.17, 15) is 14.0 Å². The van der Waals surface area contributed by atoms with Crippen molar-refractivity contribution in [2.45, 2.75) is 25.8 Å². The minimum Gasteiger partial charge on any atom is -0.340 e. The van der Waals surface area contributed by atoms with Gasteiger partial charge in [-0.25, -0.2) is 4.39 Å². The molecule has 1 heterocycles. The first kappa shape index (κ1) is 19.6. The van der Waals surface area contributed by atoms with Gasteiger partial charge in [0.1, 0.15) is 5.82 Å². The van der Waals surface area contributed by atoms with Gasteiger partial charge in [0.2, 0.25) is 11.8 Å². The second kappa shape index (κ2) is 8.33. The quantitative estimate of drug-likeness (QED) is 0.846. The van der Waals surface area contributed by atoms with Crippen molar-refractivity contribution in [2.24, 2.45) is 5.92 Å². The van der Waals surface area contributed by atoms with Crippen LogP contribution in [0.4, 0.5) is 10.1 Å². The van der Waals surface area contributed by atoms with Gasteiger partial charge in [-0.05, 0) is 35.6 Å². The smallest absolute Gasteiger partial charge is 0.228 e. The first-order valence-electron chi connectivity index (χ1n) is 10.1. The molecule has 1 N–H and O–H groups in total. The van der Waals surface area contributed by atoms with Gasteiger partial charge in [-0.15, -0.1) is 0 Å². The maximum Gasteiger partial charge on any atom is 0.228 e. The van der Waals surface area contributed by atoms with E-state index in [1.807, 2.05) is 35.2 Å². The summed E-state index contributed by atoms with van der Waals surface area (Å²) in [7, 11) is 0. The molecule has 6 heteroatoms. The minimum absolute atomic E-state index is 0.0389. The van der Waals surface area contributed by atoms with Crippen molar-refractivity contribution < 1.29 is 14.0 Å². The lowest BCUT2D eigenvalue weighted by Gasteiger charge is -2.34. The number of benzene rings is 2. The fraction of sp³-hybridized carbons (Fsp3) is 0.391. The Hall–Kier alpha value is -2.73.